The zero-order valence-electron chi connectivity index (χ0n) is 12.7. The van der Waals surface area contributed by atoms with E-state index in [4.69, 9.17) is 5.11 Å². The van der Waals surface area contributed by atoms with E-state index in [0.717, 1.165) is 17.4 Å². The normalized spacial score (nSPS) is 23.3. The molecule has 1 aromatic rings. The van der Waals surface area contributed by atoms with Crippen LogP contribution in [0, 0.1) is 0 Å². The van der Waals surface area contributed by atoms with Gasteiger partial charge in [-0.25, -0.2) is 4.39 Å². The van der Waals surface area contributed by atoms with Gasteiger partial charge in [-0.05, 0) is 24.1 Å². The highest BCUT2D eigenvalue weighted by Gasteiger charge is 2.43. The zero-order valence-corrected chi connectivity index (χ0v) is 13.5. The van der Waals surface area contributed by atoms with Crippen LogP contribution in [0.2, 0.25) is 0 Å². The molecule has 0 saturated carbocycles. The second-order valence-corrected chi connectivity index (χ2v) is 6.59. The summed E-state index contributed by atoms with van der Waals surface area (Å²) in [6.07, 6.45) is -1.16. The quantitative estimate of drug-likeness (QED) is 0.871. The third-order valence-corrected chi connectivity index (χ3v) is 4.96. The third kappa shape index (κ3) is 2.62. The number of hydrogen-bond acceptors (Lipinski definition) is 5. The fraction of sp³-hybridized carbons (Fsp3) is 0.312. The van der Waals surface area contributed by atoms with Crippen LogP contribution in [-0.4, -0.2) is 45.0 Å². The van der Waals surface area contributed by atoms with Gasteiger partial charge in [0.1, 0.15) is 0 Å². The summed E-state index contributed by atoms with van der Waals surface area (Å²) < 4.78 is 13.9. The van der Waals surface area contributed by atoms with Crippen molar-refractivity contribution in [1.82, 2.24) is 4.90 Å². The highest BCUT2D eigenvalue weighted by Crippen LogP contribution is 2.41. The van der Waals surface area contributed by atoms with E-state index < -0.39 is 29.9 Å². The number of hydrogen-bond donors (Lipinski definition) is 2. The number of ketones is 1. The average Bonchev–Trinajstić information content (AvgIpc) is 3.03. The molecule has 6 nitrogen and oxygen atoms in total. The zero-order chi connectivity index (χ0) is 17.6. The number of rotatable bonds is 3. The first-order valence-corrected chi connectivity index (χ1v) is 8.10. The molecule has 0 aromatic carbocycles. The molecule has 0 spiro atoms. The Kier molecular flexibility index (Phi) is 4.00. The Balaban J connectivity index is 2.06. The number of thiophene rings is 1. The molecule has 126 valence electrons. The van der Waals surface area contributed by atoms with Crippen molar-refractivity contribution in [2.45, 2.75) is 32.0 Å². The molecule has 2 heterocycles. The lowest BCUT2D eigenvalue weighted by atomic mass is 9.88. The van der Waals surface area contributed by atoms with Crippen molar-refractivity contribution < 1.29 is 29.0 Å². The molecule has 0 radical (unpaired) electrons. The smallest absolute Gasteiger partial charge is 0.307 e. The van der Waals surface area contributed by atoms with Crippen LogP contribution in [0.5, 0.6) is 5.06 Å². The Morgan fingerprint density at radius 3 is 2.75 bits per heavy atom. The Labute approximate surface area is 140 Å². The molecule has 0 saturated heterocycles. The highest BCUT2D eigenvalue weighted by atomic mass is 32.1. The van der Waals surface area contributed by atoms with Gasteiger partial charge < -0.3 is 15.1 Å². The summed E-state index contributed by atoms with van der Waals surface area (Å²) in [6.45, 7) is 1.58. The van der Waals surface area contributed by atoms with Gasteiger partial charge in [0, 0.05) is 23.6 Å². The van der Waals surface area contributed by atoms with E-state index in [1.165, 1.54) is 16.3 Å². The Bertz CT molecular complexity index is 809. The van der Waals surface area contributed by atoms with Crippen LogP contribution in [-0.2, 0) is 9.59 Å². The number of allylic oxidation sites excluding steroid dienone is 2. The fourth-order valence-corrected chi connectivity index (χ4v) is 3.76. The van der Waals surface area contributed by atoms with Crippen molar-refractivity contribution in [2.75, 3.05) is 0 Å². The molecule has 0 bridgehead atoms. The molecule has 0 fully saturated rings. The minimum Gasteiger partial charge on any atom is -0.499 e. The van der Waals surface area contributed by atoms with E-state index in [-0.39, 0.29) is 23.5 Å². The van der Waals surface area contributed by atoms with Crippen LogP contribution in [0.25, 0.3) is 0 Å². The summed E-state index contributed by atoms with van der Waals surface area (Å²) in [5.74, 6) is -2.26. The van der Waals surface area contributed by atoms with E-state index in [2.05, 4.69) is 0 Å². The Morgan fingerprint density at radius 2 is 2.17 bits per heavy atom. The number of aliphatic carboxylic acids is 1. The lowest BCUT2D eigenvalue weighted by Gasteiger charge is -2.30. The van der Waals surface area contributed by atoms with Crippen LogP contribution in [0.3, 0.4) is 0 Å². The molecule has 1 amide bonds. The minimum atomic E-state index is -1.72. The van der Waals surface area contributed by atoms with Crippen molar-refractivity contribution in [1.29, 1.82) is 0 Å². The summed E-state index contributed by atoms with van der Waals surface area (Å²) in [4.78, 5) is 36.9. The second kappa shape index (κ2) is 5.86. The van der Waals surface area contributed by atoms with E-state index in [0.29, 0.717) is 16.8 Å². The lowest BCUT2D eigenvalue weighted by Crippen LogP contribution is -2.41. The van der Waals surface area contributed by atoms with E-state index in [9.17, 15) is 23.9 Å². The second-order valence-electron chi connectivity index (χ2n) is 5.70. The van der Waals surface area contributed by atoms with Crippen LogP contribution >= 0.6 is 11.3 Å². The number of carbonyl (C=O) groups is 3. The number of aromatic hydroxyl groups is 1. The maximum Gasteiger partial charge on any atom is 0.307 e. The van der Waals surface area contributed by atoms with Gasteiger partial charge >= 0.3 is 5.97 Å². The lowest BCUT2D eigenvalue weighted by molar-refractivity contribution is -0.136. The van der Waals surface area contributed by atoms with Gasteiger partial charge in [-0.3, -0.25) is 14.4 Å². The van der Waals surface area contributed by atoms with Crippen molar-refractivity contribution in [3.05, 3.63) is 39.9 Å². The maximum atomic E-state index is 13.9. The molecule has 2 N–H and O–H groups in total. The monoisotopic (exact) mass is 351 g/mol. The SMILES string of the molecule is CC1=C(CC(=O)O)C2=CC(=O)C(F)CC2N1C(=O)c1csc(O)c1. The van der Waals surface area contributed by atoms with Crippen molar-refractivity contribution >= 4 is 29.0 Å². The van der Waals surface area contributed by atoms with E-state index >= 15 is 0 Å². The van der Waals surface area contributed by atoms with Gasteiger partial charge in [0.05, 0.1) is 18.0 Å². The first kappa shape index (κ1) is 16.4. The van der Waals surface area contributed by atoms with E-state index in [1.807, 2.05) is 0 Å². The van der Waals surface area contributed by atoms with Crippen molar-refractivity contribution in [3.8, 4) is 5.06 Å². The van der Waals surface area contributed by atoms with Gasteiger partial charge in [0.15, 0.2) is 17.0 Å². The van der Waals surface area contributed by atoms with Crippen molar-refractivity contribution in [2.24, 2.45) is 0 Å². The molecule has 2 unspecified atom stereocenters. The number of fused-ring (bicyclic) bond motifs is 1. The first-order valence-electron chi connectivity index (χ1n) is 7.22. The maximum absolute atomic E-state index is 13.9. The van der Waals surface area contributed by atoms with Gasteiger partial charge in [-0.15, -0.1) is 11.3 Å². The number of carboxylic acids is 1. The molecular formula is C16H14FNO5S. The highest BCUT2D eigenvalue weighted by molar-refractivity contribution is 7.12. The molecule has 2 atom stereocenters. The molecule has 1 aromatic heterocycles. The Hall–Kier alpha value is -2.48. The standard InChI is InChI=1S/C16H14FNO5S/c1-7-9(4-14(20)21)10-3-13(19)11(17)5-12(10)18(7)16(23)8-2-15(22)24-6-8/h2-3,6,11-12,22H,4-5H2,1H3,(H,20,21). The number of alkyl halides is 1. The third-order valence-electron chi connectivity index (χ3n) is 4.23. The summed E-state index contributed by atoms with van der Waals surface area (Å²) in [6, 6.07) is 0.598. The molecule has 2 aliphatic rings. The van der Waals surface area contributed by atoms with Gasteiger partial charge in [0.25, 0.3) is 5.91 Å². The van der Waals surface area contributed by atoms with Crippen LogP contribution < -0.4 is 0 Å². The Morgan fingerprint density at radius 1 is 1.46 bits per heavy atom. The molecule has 3 rings (SSSR count). The molecule has 8 heteroatoms. The summed E-state index contributed by atoms with van der Waals surface area (Å²) in [5.41, 5.74) is 1.38. The topological polar surface area (TPSA) is 94.9 Å². The predicted octanol–water partition coefficient (Wildman–Crippen LogP) is 2.26. The minimum absolute atomic E-state index is 0.0251. The largest absolute Gasteiger partial charge is 0.499 e. The first-order chi connectivity index (χ1) is 11.3. The fourth-order valence-electron chi connectivity index (χ4n) is 3.15. The number of amides is 1. The molecule has 24 heavy (non-hydrogen) atoms. The summed E-state index contributed by atoms with van der Waals surface area (Å²) >= 11 is 0.990. The molecule has 1 aliphatic heterocycles. The van der Waals surface area contributed by atoms with E-state index in [1.54, 1.807) is 6.92 Å². The van der Waals surface area contributed by atoms with Crippen molar-refractivity contribution in [3.63, 3.8) is 0 Å². The predicted molar refractivity (Wildman–Crippen MR) is 83.5 cm³/mol. The van der Waals surface area contributed by atoms with Crippen LogP contribution in [0.15, 0.2) is 34.4 Å². The number of carbonyl (C=O) groups excluding carboxylic acids is 2. The molecular weight excluding hydrogens is 337 g/mol. The number of halogens is 1. The van der Waals surface area contributed by atoms with Crippen LogP contribution in [0.1, 0.15) is 30.1 Å². The van der Waals surface area contributed by atoms with Crippen LogP contribution in [0.4, 0.5) is 4.39 Å². The van der Waals surface area contributed by atoms with Gasteiger partial charge in [-0.2, -0.15) is 0 Å². The van der Waals surface area contributed by atoms with Gasteiger partial charge in [-0.1, -0.05) is 0 Å². The summed E-state index contributed by atoms with van der Waals surface area (Å²) in [7, 11) is 0. The summed E-state index contributed by atoms with van der Waals surface area (Å²) in [5, 5.41) is 20.0. The van der Waals surface area contributed by atoms with Gasteiger partial charge in [0.2, 0.25) is 0 Å². The number of carboxylic acid groups (broad SMARTS) is 1. The molecule has 1 aliphatic carbocycles. The number of nitrogens with zero attached hydrogens (tertiary/aromatic N) is 1. The average molecular weight is 351 g/mol.